The number of benzene rings is 2. The molecule has 0 aliphatic carbocycles. The van der Waals surface area contributed by atoms with Gasteiger partial charge in [0.25, 0.3) is 5.91 Å². The summed E-state index contributed by atoms with van der Waals surface area (Å²) in [5.41, 5.74) is 4.78. The maximum absolute atomic E-state index is 13.2. The fourth-order valence-corrected chi connectivity index (χ4v) is 4.43. The first-order valence-electron chi connectivity index (χ1n) is 10.9. The highest BCUT2D eigenvalue weighted by Crippen LogP contribution is 2.38. The van der Waals surface area contributed by atoms with E-state index in [0.717, 1.165) is 35.9 Å². The van der Waals surface area contributed by atoms with Crippen molar-refractivity contribution < 1.29 is 19.0 Å². The van der Waals surface area contributed by atoms with E-state index in [-0.39, 0.29) is 5.91 Å². The van der Waals surface area contributed by atoms with Gasteiger partial charge in [0.05, 0.1) is 44.1 Å². The molecule has 174 valence electrons. The van der Waals surface area contributed by atoms with Gasteiger partial charge in [-0.15, -0.1) is 0 Å². The lowest BCUT2D eigenvalue weighted by atomic mass is 10.1. The van der Waals surface area contributed by atoms with E-state index in [2.05, 4.69) is 24.0 Å². The van der Waals surface area contributed by atoms with Crippen molar-refractivity contribution in [2.24, 2.45) is 0 Å². The Labute approximate surface area is 194 Å². The lowest BCUT2D eigenvalue weighted by molar-refractivity contribution is 0.0746. The second-order valence-electron chi connectivity index (χ2n) is 7.96. The summed E-state index contributed by atoms with van der Waals surface area (Å²) in [5.74, 6) is 1.36. The van der Waals surface area contributed by atoms with E-state index in [1.807, 2.05) is 34.7 Å². The molecule has 1 aliphatic rings. The lowest BCUT2D eigenvalue weighted by Gasteiger charge is -2.36. The van der Waals surface area contributed by atoms with Gasteiger partial charge < -0.3 is 24.0 Å². The average Bonchev–Trinajstić information content (AvgIpc) is 3.16. The summed E-state index contributed by atoms with van der Waals surface area (Å²) in [5, 5.41) is 4.77. The van der Waals surface area contributed by atoms with Gasteiger partial charge in [-0.1, -0.05) is 18.2 Å². The molecule has 8 nitrogen and oxygen atoms in total. The molecule has 0 bridgehead atoms. The molecule has 1 saturated heterocycles. The average molecular weight is 451 g/mol. The molecule has 1 aliphatic heterocycles. The van der Waals surface area contributed by atoms with Gasteiger partial charge >= 0.3 is 0 Å². The predicted molar refractivity (Wildman–Crippen MR) is 127 cm³/mol. The van der Waals surface area contributed by atoms with Crippen LogP contribution in [0.5, 0.6) is 17.2 Å². The van der Waals surface area contributed by atoms with Crippen molar-refractivity contribution in [2.45, 2.75) is 13.8 Å². The molecule has 4 rings (SSSR count). The van der Waals surface area contributed by atoms with Gasteiger partial charge in [-0.3, -0.25) is 4.79 Å². The number of rotatable bonds is 6. The van der Waals surface area contributed by atoms with Crippen LogP contribution in [-0.4, -0.2) is 68.1 Å². The smallest absolute Gasteiger partial charge is 0.254 e. The number of anilines is 1. The minimum Gasteiger partial charge on any atom is -0.493 e. The van der Waals surface area contributed by atoms with Gasteiger partial charge in [0.15, 0.2) is 11.5 Å². The van der Waals surface area contributed by atoms with Crippen LogP contribution >= 0.6 is 0 Å². The first-order chi connectivity index (χ1) is 16.0. The topological polar surface area (TPSA) is 69.1 Å². The van der Waals surface area contributed by atoms with Crippen molar-refractivity contribution >= 4 is 11.6 Å². The SMILES string of the molecule is COc1cc(C(=O)N2CCN(c3c(C)nn(-c4ccccc4)c3C)CC2)cc(OC)c1OC. The number of hydrogen-bond donors (Lipinski definition) is 0. The number of nitrogens with zero attached hydrogens (tertiary/aromatic N) is 4. The van der Waals surface area contributed by atoms with Crippen molar-refractivity contribution in [3.63, 3.8) is 0 Å². The maximum atomic E-state index is 13.2. The number of aromatic nitrogens is 2. The minimum atomic E-state index is -0.0534. The maximum Gasteiger partial charge on any atom is 0.254 e. The molecule has 0 unspecified atom stereocenters. The fourth-order valence-electron chi connectivity index (χ4n) is 4.43. The number of carbonyl (C=O) groups is 1. The summed E-state index contributed by atoms with van der Waals surface area (Å²) in [6.07, 6.45) is 0. The molecular weight excluding hydrogens is 420 g/mol. The predicted octanol–water partition coefficient (Wildman–Crippen LogP) is 3.48. The van der Waals surface area contributed by atoms with Crippen molar-refractivity contribution in [2.75, 3.05) is 52.4 Å². The Hall–Kier alpha value is -3.68. The van der Waals surface area contributed by atoms with Crippen LogP contribution < -0.4 is 19.1 Å². The first-order valence-corrected chi connectivity index (χ1v) is 10.9. The summed E-state index contributed by atoms with van der Waals surface area (Å²) < 4.78 is 18.2. The van der Waals surface area contributed by atoms with Crippen LogP contribution in [0.4, 0.5) is 5.69 Å². The van der Waals surface area contributed by atoms with Crippen molar-refractivity contribution in [1.29, 1.82) is 0 Å². The van der Waals surface area contributed by atoms with Gasteiger partial charge in [0.1, 0.15) is 0 Å². The Morgan fingerprint density at radius 1 is 0.879 bits per heavy atom. The van der Waals surface area contributed by atoms with E-state index in [1.54, 1.807) is 33.5 Å². The van der Waals surface area contributed by atoms with E-state index in [0.29, 0.717) is 35.9 Å². The number of aryl methyl sites for hydroxylation is 1. The molecule has 0 saturated carbocycles. The summed E-state index contributed by atoms with van der Waals surface area (Å²) in [6, 6.07) is 13.5. The number of amides is 1. The number of carbonyl (C=O) groups excluding carboxylic acids is 1. The molecule has 33 heavy (non-hydrogen) atoms. The number of methoxy groups -OCH3 is 3. The summed E-state index contributed by atoms with van der Waals surface area (Å²) in [7, 11) is 4.64. The number of ether oxygens (including phenoxy) is 3. The second kappa shape index (κ2) is 9.44. The Morgan fingerprint density at radius 3 is 2.03 bits per heavy atom. The van der Waals surface area contributed by atoms with Crippen LogP contribution in [0.3, 0.4) is 0 Å². The molecule has 0 spiro atoms. The normalized spacial score (nSPS) is 13.7. The largest absolute Gasteiger partial charge is 0.493 e. The van der Waals surface area contributed by atoms with Crippen LogP contribution in [0.15, 0.2) is 42.5 Å². The Morgan fingerprint density at radius 2 is 1.48 bits per heavy atom. The summed E-state index contributed by atoms with van der Waals surface area (Å²) >= 11 is 0. The van der Waals surface area contributed by atoms with E-state index in [4.69, 9.17) is 19.3 Å². The number of hydrogen-bond acceptors (Lipinski definition) is 6. The van der Waals surface area contributed by atoms with Crippen LogP contribution in [-0.2, 0) is 0 Å². The fraction of sp³-hybridized carbons (Fsp3) is 0.360. The van der Waals surface area contributed by atoms with Crippen LogP contribution in [0, 0.1) is 13.8 Å². The van der Waals surface area contributed by atoms with Gasteiger partial charge in [0.2, 0.25) is 5.75 Å². The highest BCUT2D eigenvalue weighted by atomic mass is 16.5. The second-order valence-corrected chi connectivity index (χ2v) is 7.96. The molecule has 0 N–H and O–H groups in total. The summed E-state index contributed by atoms with van der Waals surface area (Å²) in [4.78, 5) is 17.4. The zero-order valence-electron chi connectivity index (χ0n) is 19.8. The number of piperazine rings is 1. The Balaban J connectivity index is 1.51. The molecule has 0 radical (unpaired) electrons. The molecule has 2 aromatic carbocycles. The van der Waals surface area contributed by atoms with Crippen molar-refractivity contribution in [3.05, 3.63) is 59.4 Å². The molecule has 3 aromatic rings. The lowest BCUT2D eigenvalue weighted by Crippen LogP contribution is -2.49. The molecule has 2 heterocycles. The zero-order valence-corrected chi connectivity index (χ0v) is 19.8. The van der Waals surface area contributed by atoms with Gasteiger partial charge in [-0.2, -0.15) is 5.10 Å². The standard InChI is InChI=1S/C25H30N4O4/c1-17-23(18(2)29(26-17)20-9-7-6-8-10-20)27-11-13-28(14-12-27)25(30)19-15-21(31-3)24(33-5)22(16-19)32-4/h6-10,15-16H,11-14H2,1-5H3. The highest BCUT2D eigenvalue weighted by Gasteiger charge is 2.27. The third-order valence-corrected chi connectivity index (χ3v) is 6.05. The van der Waals surface area contributed by atoms with Crippen molar-refractivity contribution in [1.82, 2.24) is 14.7 Å². The monoisotopic (exact) mass is 450 g/mol. The van der Waals surface area contributed by atoms with E-state index < -0.39 is 0 Å². The number of para-hydroxylation sites is 1. The molecule has 0 atom stereocenters. The third-order valence-electron chi connectivity index (χ3n) is 6.05. The Bertz CT molecular complexity index is 1110. The van der Waals surface area contributed by atoms with Gasteiger partial charge in [0, 0.05) is 31.7 Å². The van der Waals surface area contributed by atoms with Crippen LogP contribution in [0.25, 0.3) is 5.69 Å². The molecule has 1 fully saturated rings. The van der Waals surface area contributed by atoms with Gasteiger partial charge in [-0.05, 0) is 38.1 Å². The zero-order chi connectivity index (χ0) is 23.5. The van der Waals surface area contributed by atoms with Crippen LogP contribution in [0.1, 0.15) is 21.7 Å². The minimum absolute atomic E-state index is 0.0534. The first kappa shape index (κ1) is 22.5. The third kappa shape index (κ3) is 4.20. The van der Waals surface area contributed by atoms with E-state index >= 15 is 0 Å². The van der Waals surface area contributed by atoms with Crippen LogP contribution in [0.2, 0.25) is 0 Å². The van der Waals surface area contributed by atoms with E-state index in [9.17, 15) is 4.79 Å². The highest BCUT2D eigenvalue weighted by molar-refractivity contribution is 5.96. The van der Waals surface area contributed by atoms with E-state index in [1.165, 1.54) is 0 Å². The molecule has 1 aromatic heterocycles. The molecular formula is C25H30N4O4. The van der Waals surface area contributed by atoms with Gasteiger partial charge in [-0.25, -0.2) is 4.68 Å². The molecule has 1 amide bonds. The van der Waals surface area contributed by atoms with Crippen molar-refractivity contribution in [3.8, 4) is 22.9 Å². The quantitative estimate of drug-likeness (QED) is 0.573. The Kier molecular flexibility index (Phi) is 6.44. The summed E-state index contributed by atoms with van der Waals surface area (Å²) in [6.45, 7) is 6.83. The molecule has 8 heteroatoms.